The molecule has 0 aliphatic heterocycles. The number of nitrogens with zero attached hydrogens (tertiary/aromatic N) is 2. The topological polar surface area (TPSA) is 44.0 Å². The van der Waals surface area contributed by atoms with Crippen LogP contribution in [0.4, 0.5) is 5.82 Å². The molecule has 0 fully saturated rings. The van der Waals surface area contributed by atoms with Crippen LogP contribution in [0, 0.1) is 0 Å². The molecule has 0 unspecified atom stereocenters. The third kappa shape index (κ3) is 1.73. The number of aromatic nitrogens is 2. The molecule has 2 N–H and O–H groups in total. The van der Waals surface area contributed by atoms with Gasteiger partial charge in [-0.15, -0.1) is 0 Å². The molecule has 0 atom stereocenters. The second-order valence-electron chi connectivity index (χ2n) is 1.98. The molecule has 0 amide bonds. The third-order valence-corrected chi connectivity index (χ3v) is 0.845. The third-order valence-electron chi connectivity index (χ3n) is 0.845. The Bertz CT molecular complexity index is 155. The van der Waals surface area contributed by atoms with Gasteiger partial charge in [-0.1, -0.05) is 0 Å². The molecule has 4 nitrogen and oxygen atoms in total. The summed E-state index contributed by atoms with van der Waals surface area (Å²) in [5.41, 5.74) is 3.00. The summed E-state index contributed by atoms with van der Waals surface area (Å²) in [7, 11) is 3.84. The zero-order valence-corrected chi connectivity index (χ0v) is 5.55. The highest BCUT2D eigenvalue weighted by atomic mass is 15.5. The molecular weight excluding hydrogens is 116 g/mol. The van der Waals surface area contributed by atoms with E-state index in [4.69, 9.17) is 0 Å². The number of nitrogens with one attached hydrogen (secondary N) is 2. The van der Waals surface area contributed by atoms with Gasteiger partial charge >= 0.3 is 0 Å². The van der Waals surface area contributed by atoms with Gasteiger partial charge in [0.25, 0.3) is 0 Å². The first-order valence-electron chi connectivity index (χ1n) is 2.72. The first-order valence-corrected chi connectivity index (χ1v) is 2.72. The Morgan fingerprint density at radius 1 is 1.67 bits per heavy atom. The Labute approximate surface area is 53.8 Å². The van der Waals surface area contributed by atoms with E-state index in [0.717, 1.165) is 5.82 Å². The second kappa shape index (κ2) is 2.50. The summed E-state index contributed by atoms with van der Waals surface area (Å²) in [5, 5.41) is 8.37. The first-order chi connectivity index (χ1) is 4.29. The lowest BCUT2D eigenvalue weighted by Crippen LogP contribution is -2.19. The number of aromatic amines is 1. The Balaban J connectivity index is 2.48. The normalized spacial score (nSPS) is 10.1. The highest BCUT2D eigenvalue weighted by Crippen LogP contribution is 1.96. The fourth-order valence-corrected chi connectivity index (χ4v) is 0.559. The quantitative estimate of drug-likeness (QED) is 0.560. The van der Waals surface area contributed by atoms with Gasteiger partial charge in [-0.05, 0) is 0 Å². The van der Waals surface area contributed by atoms with Gasteiger partial charge in [0.15, 0.2) is 0 Å². The molecule has 0 radical (unpaired) electrons. The minimum Gasteiger partial charge on any atom is -0.304 e. The lowest BCUT2D eigenvalue weighted by molar-refractivity contribution is 0.492. The van der Waals surface area contributed by atoms with Crippen LogP contribution < -0.4 is 5.43 Å². The zero-order chi connectivity index (χ0) is 6.69. The molecule has 0 aliphatic rings. The van der Waals surface area contributed by atoms with Crippen molar-refractivity contribution >= 4 is 5.82 Å². The van der Waals surface area contributed by atoms with Gasteiger partial charge in [0.05, 0.1) is 6.20 Å². The van der Waals surface area contributed by atoms with Crippen LogP contribution in [-0.4, -0.2) is 29.3 Å². The summed E-state index contributed by atoms with van der Waals surface area (Å²) in [4.78, 5) is 0. The van der Waals surface area contributed by atoms with Gasteiger partial charge in [0.2, 0.25) is 0 Å². The molecule has 0 bridgehead atoms. The maximum Gasteiger partial charge on any atom is 0.135 e. The fourth-order valence-electron chi connectivity index (χ4n) is 0.559. The van der Waals surface area contributed by atoms with Crippen molar-refractivity contribution in [3.63, 3.8) is 0 Å². The van der Waals surface area contributed by atoms with Crippen LogP contribution in [0.25, 0.3) is 0 Å². The van der Waals surface area contributed by atoms with E-state index in [1.165, 1.54) is 0 Å². The molecule has 0 aliphatic carbocycles. The van der Waals surface area contributed by atoms with E-state index in [1.807, 2.05) is 25.2 Å². The fraction of sp³-hybridized carbons (Fsp3) is 0.400. The summed E-state index contributed by atoms with van der Waals surface area (Å²) in [6, 6.07) is 1.86. The van der Waals surface area contributed by atoms with Crippen molar-refractivity contribution in [3.05, 3.63) is 12.3 Å². The number of hydrogen-bond donors (Lipinski definition) is 2. The van der Waals surface area contributed by atoms with Crippen molar-refractivity contribution in [1.82, 2.24) is 15.2 Å². The number of rotatable bonds is 2. The summed E-state index contributed by atoms with van der Waals surface area (Å²) >= 11 is 0. The molecule has 0 aromatic carbocycles. The van der Waals surface area contributed by atoms with Crippen molar-refractivity contribution in [3.8, 4) is 0 Å². The molecule has 0 saturated carbocycles. The largest absolute Gasteiger partial charge is 0.304 e. The van der Waals surface area contributed by atoms with Crippen LogP contribution in [0.5, 0.6) is 0 Å². The van der Waals surface area contributed by atoms with E-state index >= 15 is 0 Å². The van der Waals surface area contributed by atoms with Crippen LogP contribution in [0.1, 0.15) is 0 Å². The Morgan fingerprint density at radius 2 is 2.44 bits per heavy atom. The molecule has 9 heavy (non-hydrogen) atoms. The van der Waals surface area contributed by atoms with Gasteiger partial charge in [0.1, 0.15) is 5.82 Å². The molecule has 50 valence electrons. The zero-order valence-electron chi connectivity index (χ0n) is 5.55. The average Bonchev–Trinajstić information content (AvgIpc) is 2.15. The van der Waals surface area contributed by atoms with E-state index in [1.54, 1.807) is 6.20 Å². The van der Waals surface area contributed by atoms with Crippen molar-refractivity contribution in [2.75, 3.05) is 19.5 Å². The predicted octanol–water partition coefficient (Wildman–Crippen LogP) is 0.298. The minimum absolute atomic E-state index is 0.903. The Hall–Kier alpha value is -1.03. The molecule has 0 saturated heterocycles. The average molecular weight is 126 g/mol. The number of hydrogen-bond acceptors (Lipinski definition) is 3. The molecule has 0 spiro atoms. The van der Waals surface area contributed by atoms with Crippen LogP contribution in [0.15, 0.2) is 12.3 Å². The molecule has 4 heteroatoms. The first kappa shape index (κ1) is 6.10. The summed E-state index contributed by atoms with van der Waals surface area (Å²) in [6.45, 7) is 0. The van der Waals surface area contributed by atoms with E-state index in [9.17, 15) is 0 Å². The van der Waals surface area contributed by atoms with E-state index in [-0.39, 0.29) is 0 Å². The maximum atomic E-state index is 3.76. The Kier molecular flexibility index (Phi) is 1.69. The van der Waals surface area contributed by atoms with Crippen LogP contribution in [0.3, 0.4) is 0 Å². The summed E-state index contributed by atoms with van der Waals surface area (Å²) < 4.78 is 0. The van der Waals surface area contributed by atoms with E-state index in [0.29, 0.717) is 0 Å². The smallest absolute Gasteiger partial charge is 0.135 e. The van der Waals surface area contributed by atoms with Crippen molar-refractivity contribution < 1.29 is 0 Å². The standard InChI is InChI=1S/C5H10N4/c1-9(2)8-5-3-4-6-7-5/h3-4H,1-2H3,(H2,6,7,8). The lowest BCUT2D eigenvalue weighted by atomic mass is 10.7. The van der Waals surface area contributed by atoms with Gasteiger partial charge in [-0.25, -0.2) is 5.01 Å². The monoisotopic (exact) mass is 126 g/mol. The maximum absolute atomic E-state index is 3.76. The molecular formula is C5H10N4. The number of H-pyrrole nitrogens is 1. The molecule has 1 heterocycles. The van der Waals surface area contributed by atoms with Gasteiger partial charge in [0, 0.05) is 20.2 Å². The second-order valence-corrected chi connectivity index (χ2v) is 1.98. The Morgan fingerprint density at radius 3 is 2.89 bits per heavy atom. The van der Waals surface area contributed by atoms with Crippen molar-refractivity contribution in [1.29, 1.82) is 0 Å². The SMILES string of the molecule is CN(C)Nc1ccn[nH]1. The number of hydrazine groups is 1. The van der Waals surface area contributed by atoms with Crippen molar-refractivity contribution in [2.45, 2.75) is 0 Å². The summed E-state index contributed by atoms with van der Waals surface area (Å²) in [6.07, 6.45) is 1.70. The van der Waals surface area contributed by atoms with Gasteiger partial charge < -0.3 is 5.43 Å². The van der Waals surface area contributed by atoms with Gasteiger partial charge in [-0.3, -0.25) is 5.10 Å². The lowest BCUT2D eigenvalue weighted by Gasteiger charge is -2.09. The van der Waals surface area contributed by atoms with E-state index < -0.39 is 0 Å². The minimum atomic E-state index is 0.903. The molecule has 1 aromatic heterocycles. The predicted molar refractivity (Wildman–Crippen MR) is 35.9 cm³/mol. The highest BCUT2D eigenvalue weighted by molar-refractivity contribution is 5.29. The van der Waals surface area contributed by atoms with Crippen LogP contribution >= 0.6 is 0 Å². The highest BCUT2D eigenvalue weighted by Gasteiger charge is 1.89. The summed E-state index contributed by atoms with van der Waals surface area (Å²) in [5.74, 6) is 0.903. The molecule has 1 rings (SSSR count). The van der Waals surface area contributed by atoms with Crippen molar-refractivity contribution in [2.24, 2.45) is 0 Å². The number of anilines is 1. The van der Waals surface area contributed by atoms with Crippen LogP contribution in [-0.2, 0) is 0 Å². The van der Waals surface area contributed by atoms with E-state index in [2.05, 4.69) is 15.6 Å². The molecule has 1 aromatic rings. The van der Waals surface area contributed by atoms with Crippen LogP contribution in [0.2, 0.25) is 0 Å². The van der Waals surface area contributed by atoms with Gasteiger partial charge in [-0.2, -0.15) is 5.10 Å².